The highest BCUT2D eigenvalue weighted by atomic mass is 19.1. The van der Waals surface area contributed by atoms with E-state index in [-0.39, 0.29) is 36.6 Å². The second kappa shape index (κ2) is 20.2. The summed E-state index contributed by atoms with van der Waals surface area (Å²) in [5, 5.41) is 6.53. The maximum Gasteiger partial charge on any atom is 0.407 e. The summed E-state index contributed by atoms with van der Waals surface area (Å²) in [7, 11) is 2.63. The minimum Gasteiger partial charge on any atom is -0.453 e. The number of carbonyl (C=O) groups excluding carboxylic acids is 3. The van der Waals surface area contributed by atoms with Gasteiger partial charge in [0, 0.05) is 48.4 Å². The normalized spacial score (nSPS) is 18.9. The molecule has 3 aromatic carbocycles. The second-order valence-corrected chi connectivity index (χ2v) is 17.0. The molecule has 0 bridgehead atoms. The number of benzene rings is 3. The Morgan fingerprint density at radius 2 is 1.48 bits per heavy atom. The molecule has 3 fully saturated rings. The van der Waals surface area contributed by atoms with Gasteiger partial charge in [-0.2, -0.15) is 0 Å². The SMILES string of the molecule is COC(=O)N[C@@H](COCN1CCC[C@H]1c1ncc(-c2ccc(-c3ccc4cc(-c5cnc([C@@H]6CCCN6C(=O)[C@@H](NC(=O)OC)C6CCOCC6)[nH]5)ccc4n3)c(F)c2)[nH]1)c1ccccc1. The summed E-state index contributed by atoms with van der Waals surface area (Å²) in [5.41, 5.74) is 5.59. The Morgan fingerprint density at radius 1 is 0.803 bits per heavy atom. The third kappa shape index (κ3) is 9.78. The number of aromatic nitrogens is 5. The van der Waals surface area contributed by atoms with Gasteiger partial charge in [-0.1, -0.05) is 48.5 Å². The molecule has 16 nitrogen and oxygen atoms in total. The zero-order valence-corrected chi connectivity index (χ0v) is 37.0. The topological polar surface area (TPSA) is 189 Å². The number of methoxy groups -OCH3 is 2. The highest BCUT2D eigenvalue weighted by Crippen LogP contribution is 2.36. The number of likely N-dealkylation sites (tertiary alicyclic amines) is 2. The zero-order valence-electron chi connectivity index (χ0n) is 37.0. The molecule has 6 heterocycles. The van der Waals surface area contributed by atoms with Crippen molar-refractivity contribution in [2.45, 2.75) is 62.7 Å². The molecule has 6 aromatic rings. The molecule has 3 aromatic heterocycles. The second-order valence-electron chi connectivity index (χ2n) is 17.0. The summed E-state index contributed by atoms with van der Waals surface area (Å²) in [4.78, 5) is 63.5. The lowest BCUT2D eigenvalue weighted by atomic mass is 9.90. The molecule has 4 atom stereocenters. The maximum atomic E-state index is 15.9. The van der Waals surface area contributed by atoms with E-state index in [0.717, 1.165) is 60.3 Å². The number of halogens is 1. The van der Waals surface area contributed by atoms with Gasteiger partial charge in [-0.05, 0) is 80.3 Å². The van der Waals surface area contributed by atoms with Crippen molar-refractivity contribution in [2.24, 2.45) is 5.92 Å². The fourth-order valence-electron chi connectivity index (χ4n) is 9.43. The van der Waals surface area contributed by atoms with Crippen molar-refractivity contribution in [2.75, 3.05) is 53.9 Å². The first kappa shape index (κ1) is 44.5. The number of alkyl carbamates (subject to hydrolysis) is 2. The molecule has 9 rings (SSSR count). The molecule has 66 heavy (non-hydrogen) atoms. The zero-order chi connectivity index (χ0) is 45.6. The van der Waals surface area contributed by atoms with Crippen LogP contribution < -0.4 is 10.6 Å². The Kier molecular flexibility index (Phi) is 13.6. The van der Waals surface area contributed by atoms with Gasteiger partial charge in [0.25, 0.3) is 0 Å². The molecular weight excluding hydrogens is 846 g/mol. The van der Waals surface area contributed by atoms with E-state index < -0.39 is 24.0 Å². The smallest absolute Gasteiger partial charge is 0.407 e. The molecule has 3 saturated heterocycles. The van der Waals surface area contributed by atoms with Crippen molar-refractivity contribution in [3.63, 3.8) is 0 Å². The summed E-state index contributed by atoms with van der Waals surface area (Å²) in [6.07, 6.45) is 7.13. The Bertz CT molecular complexity index is 2650. The van der Waals surface area contributed by atoms with Gasteiger partial charge in [-0.15, -0.1) is 0 Å². The van der Waals surface area contributed by atoms with Crippen LogP contribution in [0.2, 0.25) is 0 Å². The molecule has 4 N–H and O–H groups in total. The highest BCUT2D eigenvalue weighted by Gasteiger charge is 2.40. The number of rotatable bonds is 14. The van der Waals surface area contributed by atoms with Crippen LogP contribution in [0.4, 0.5) is 14.0 Å². The standard InChI is InChI=1S/C49H54FN9O7/c1-63-48(61)56-41(30-8-4-3-5-9-30)28-66-29-58-20-6-10-42(58)45-51-27-40(54-45)34-12-15-35(36(50)25-34)38-17-14-32-24-33(13-16-37(32)53-38)39-26-52-46(55-39)43-11-7-21-59(43)47(60)44(57-49(62)64-2)31-18-22-65-23-19-31/h3-5,8-9,12-17,24-27,31,41-44H,6-7,10-11,18-23,28-29H2,1-2H3,(H,51,54)(H,52,55)(H,56,61)(H,57,62)/t41-,42-,43-,44-/m0/s1. The van der Waals surface area contributed by atoms with Crippen LogP contribution in [-0.2, 0) is 23.7 Å². The van der Waals surface area contributed by atoms with E-state index in [9.17, 15) is 14.4 Å². The first-order valence-corrected chi connectivity index (χ1v) is 22.5. The molecule has 3 aliphatic rings. The van der Waals surface area contributed by atoms with E-state index in [1.807, 2.05) is 71.6 Å². The van der Waals surface area contributed by atoms with Crippen LogP contribution in [0, 0.1) is 11.7 Å². The molecule has 3 aliphatic heterocycles. The summed E-state index contributed by atoms with van der Waals surface area (Å²) in [5.74, 6) is 0.875. The minimum atomic E-state index is -0.710. The lowest BCUT2D eigenvalue weighted by Crippen LogP contribution is -2.53. The third-order valence-electron chi connectivity index (χ3n) is 13.0. The fourth-order valence-corrected chi connectivity index (χ4v) is 9.43. The van der Waals surface area contributed by atoms with Crippen molar-refractivity contribution < 1.29 is 37.7 Å². The Labute approximate surface area is 381 Å². The summed E-state index contributed by atoms with van der Waals surface area (Å²) in [6.45, 7) is 3.09. The molecular formula is C49H54FN9O7. The van der Waals surface area contributed by atoms with Crippen molar-refractivity contribution >= 4 is 29.0 Å². The van der Waals surface area contributed by atoms with E-state index in [1.165, 1.54) is 20.3 Å². The minimum absolute atomic E-state index is 0.00361. The molecule has 344 valence electrons. The van der Waals surface area contributed by atoms with Gasteiger partial charge in [0.05, 0.1) is 80.7 Å². The first-order valence-electron chi connectivity index (χ1n) is 22.5. The summed E-state index contributed by atoms with van der Waals surface area (Å²) < 4.78 is 37.3. The number of pyridine rings is 1. The number of hydrogen-bond donors (Lipinski definition) is 4. The van der Waals surface area contributed by atoms with E-state index in [0.29, 0.717) is 73.2 Å². The predicted molar refractivity (Wildman–Crippen MR) is 243 cm³/mol. The average molecular weight is 900 g/mol. The number of ether oxygens (including phenoxy) is 4. The molecule has 0 saturated carbocycles. The van der Waals surface area contributed by atoms with E-state index in [1.54, 1.807) is 18.5 Å². The highest BCUT2D eigenvalue weighted by molar-refractivity contribution is 5.87. The number of fused-ring (bicyclic) bond motifs is 1. The molecule has 17 heteroatoms. The third-order valence-corrected chi connectivity index (χ3v) is 13.0. The van der Waals surface area contributed by atoms with E-state index in [2.05, 4.69) is 25.5 Å². The van der Waals surface area contributed by atoms with E-state index >= 15 is 4.39 Å². The van der Waals surface area contributed by atoms with Crippen LogP contribution >= 0.6 is 0 Å². The van der Waals surface area contributed by atoms with Gasteiger partial charge in [0.2, 0.25) is 5.91 Å². The van der Waals surface area contributed by atoms with Crippen molar-refractivity contribution in [3.8, 4) is 33.8 Å². The van der Waals surface area contributed by atoms with Crippen LogP contribution in [0.3, 0.4) is 0 Å². The average Bonchev–Trinajstić information content (AvgIpc) is 4.21. The number of nitrogens with one attached hydrogen (secondary N) is 4. The molecule has 0 unspecified atom stereocenters. The van der Waals surface area contributed by atoms with Gasteiger partial charge >= 0.3 is 12.2 Å². The summed E-state index contributed by atoms with van der Waals surface area (Å²) >= 11 is 0. The Hall–Kier alpha value is -6.69. The number of amides is 3. The number of nitrogens with zero attached hydrogens (tertiary/aromatic N) is 5. The lowest BCUT2D eigenvalue weighted by molar-refractivity contribution is -0.136. The monoisotopic (exact) mass is 899 g/mol. The van der Waals surface area contributed by atoms with Gasteiger partial charge in [-0.25, -0.2) is 28.9 Å². The molecule has 3 amide bonds. The predicted octanol–water partition coefficient (Wildman–Crippen LogP) is 7.84. The number of carbonyl (C=O) groups is 3. The Balaban J connectivity index is 0.844. The van der Waals surface area contributed by atoms with Gasteiger partial charge in [0.1, 0.15) is 23.5 Å². The van der Waals surface area contributed by atoms with Gasteiger partial charge < -0.3 is 44.4 Å². The number of aromatic amines is 2. The largest absolute Gasteiger partial charge is 0.453 e. The van der Waals surface area contributed by atoms with Crippen LogP contribution in [0.5, 0.6) is 0 Å². The molecule has 0 aliphatic carbocycles. The number of H-pyrrole nitrogens is 2. The van der Waals surface area contributed by atoms with Crippen LogP contribution in [-0.4, -0.2) is 113 Å². The fraction of sp³-hybridized carbons (Fsp3) is 0.388. The lowest BCUT2D eigenvalue weighted by Gasteiger charge is -2.34. The summed E-state index contributed by atoms with van der Waals surface area (Å²) in [6, 6.07) is 23.0. The van der Waals surface area contributed by atoms with Crippen LogP contribution in [0.15, 0.2) is 91.3 Å². The maximum absolute atomic E-state index is 15.9. The van der Waals surface area contributed by atoms with Crippen molar-refractivity contribution in [1.29, 1.82) is 0 Å². The Morgan fingerprint density at radius 3 is 2.23 bits per heavy atom. The molecule has 0 spiro atoms. The van der Waals surface area contributed by atoms with Crippen molar-refractivity contribution in [1.82, 2.24) is 45.4 Å². The van der Waals surface area contributed by atoms with Crippen LogP contribution in [0.1, 0.15) is 73.9 Å². The van der Waals surface area contributed by atoms with Crippen LogP contribution in [0.25, 0.3) is 44.7 Å². The van der Waals surface area contributed by atoms with Gasteiger partial charge in [-0.3, -0.25) is 9.69 Å². The quantitative estimate of drug-likeness (QED) is 0.0834. The van der Waals surface area contributed by atoms with E-state index in [4.69, 9.17) is 33.9 Å². The first-order chi connectivity index (χ1) is 32.3. The van der Waals surface area contributed by atoms with Gasteiger partial charge in [0.15, 0.2) is 0 Å². The molecule has 0 radical (unpaired) electrons. The number of imidazole rings is 2. The van der Waals surface area contributed by atoms with Crippen molar-refractivity contribution in [3.05, 3.63) is 114 Å². The number of hydrogen-bond acceptors (Lipinski definition) is 11.